The molecule has 1 N–H and O–H groups in total. The van der Waals surface area contributed by atoms with E-state index in [1.165, 1.54) is 25.0 Å². The van der Waals surface area contributed by atoms with Gasteiger partial charge in [-0.05, 0) is 42.9 Å². The Morgan fingerprint density at radius 3 is 2.69 bits per heavy atom. The summed E-state index contributed by atoms with van der Waals surface area (Å²) in [7, 11) is 0. The monoisotopic (exact) mass is 225 g/mol. The third-order valence-corrected chi connectivity index (χ3v) is 3.53. The minimum atomic E-state index is -0.380. The maximum Gasteiger partial charge on any atom is 0.127 e. The fourth-order valence-corrected chi connectivity index (χ4v) is 1.97. The van der Waals surface area contributed by atoms with Gasteiger partial charge in [0.1, 0.15) is 11.6 Å². The van der Waals surface area contributed by atoms with Crippen molar-refractivity contribution in [2.75, 3.05) is 6.54 Å². The van der Waals surface area contributed by atoms with E-state index in [4.69, 9.17) is 0 Å². The van der Waals surface area contributed by atoms with E-state index in [1.807, 2.05) is 0 Å². The second-order valence-corrected chi connectivity index (χ2v) is 4.69. The zero-order valence-corrected chi connectivity index (χ0v) is 9.52. The number of benzene rings is 1. The predicted molar refractivity (Wildman–Crippen MR) is 60.0 cm³/mol. The second-order valence-electron chi connectivity index (χ2n) is 4.69. The molecule has 0 aromatic heterocycles. The molecule has 0 amide bonds. The molecule has 0 heterocycles. The summed E-state index contributed by atoms with van der Waals surface area (Å²) in [6.45, 7) is 3.49. The zero-order valence-electron chi connectivity index (χ0n) is 9.52. The quantitative estimate of drug-likeness (QED) is 0.811. The SMILES string of the molecule is CCC1(CNCc2cc(F)ccc2F)CC1. The first-order valence-electron chi connectivity index (χ1n) is 5.80. The summed E-state index contributed by atoms with van der Waals surface area (Å²) in [4.78, 5) is 0. The molecule has 1 aliphatic rings. The Balaban J connectivity index is 1.87. The van der Waals surface area contributed by atoms with Crippen molar-refractivity contribution < 1.29 is 8.78 Å². The van der Waals surface area contributed by atoms with Crippen molar-refractivity contribution in [2.24, 2.45) is 5.41 Å². The zero-order chi connectivity index (χ0) is 11.6. The van der Waals surface area contributed by atoms with Crippen LogP contribution in [0.4, 0.5) is 8.78 Å². The maximum absolute atomic E-state index is 13.3. The van der Waals surface area contributed by atoms with Gasteiger partial charge in [0.05, 0.1) is 0 Å². The van der Waals surface area contributed by atoms with E-state index in [0.717, 1.165) is 19.0 Å². The Morgan fingerprint density at radius 1 is 1.31 bits per heavy atom. The van der Waals surface area contributed by atoms with E-state index in [2.05, 4.69) is 12.2 Å². The van der Waals surface area contributed by atoms with E-state index in [1.54, 1.807) is 0 Å². The molecule has 0 radical (unpaired) electrons. The molecule has 1 fully saturated rings. The van der Waals surface area contributed by atoms with Crippen molar-refractivity contribution in [3.8, 4) is 0 Å². The van der Waals surface area contributed by atoms with E-state index in [-0.39, 0.29) is 11.6 Å². The summed E-state index contributed by atoms with van der Waals surface area (Å²) in [5.74, 6) is -0.718. The van der Waals surface area contributed by atoms with Gasteiger partial charge < -0.3 is 5.32 Å². The molecule has 0 unspecified atom stereocenters. The first-order valence-corrected chi connectivity index (χ1v) is 5.80. The van der Waals surface area contributed by atoms with Gasteiger partial charge in [-0.2, -0.15) is 0 Å². The molecule has 0 bridgehead atoms. The molecule has 1 saturated carbocycles. The molecule has 1 aliphatic carbocycles. The second kappa shape index (κ2) is 4.50. The van der Waals surface area contributed by atoms with Gasteiger partial charge in [-0.3, -0.25) is 0 Å². The summed E-state index contributed by atoms with van der Waals surface area (Å²) in [5.41, 5.74) is 0.843. The molecule has 3 heteroatoms. The van der Waals surface area contributed by atoms with Gasteiger partial charge >= 0.3 is 0 Å². The average molecular weight is 225 g/mol. The smallest absolute Gasteiger partial charge is 0.127 e. The summed E-state index contributed by atoms with van der Waals surface area (Å²) in [6, 6.07) is 3.58. The van der Waals surface area contributed by atoms with Crippen molar-refractivity contribution in [1.82, 2.24) is 5.32 Å². The Hall–Kier alpha value is -0.960. The molecular weight excluding hydrogens is 208 g/mol. The lowest BCUT2D eigenvalue weighted by atomic mass is 10.0. The predicted octanol–water partition coefficient (Wildman–Crippen LogP) is 3.24. The van der Waals surface area contributed by atoms with Crippen LogP contribution in [0.1, 0.15) is 31.7 Å². The number of hydrogen-bond acceptors (Lipinski definition) is 1. The van der Waals surface area contributed by atoms with Crippen LogP contribution < -0.4 is 5.32 Å². The minimum absolute atomic E-state index is 0.338. The Morgan fingerprint density at radius 2 is 2.06 bits per heavy atom. The van der Waals surface area contributed by atoms with Crippen LogP contribution in [0.3, 0.4) is 0 Å². The first-order chi connectivity index (χ1) is 7.65. The standard InChI is InChI=1S/C13H17F2N/c1-2-13(5-6-13)9-16-8-10-7-11(14)3-4-12(10)15/h3-4,7,16H,2,5-6,8-9H2,1H3. The molecule has 16 heavy (non-hydrogen) atoms. The van der Waals surface area contributed by atoms with Crippen LogP contribution >= 0.6 is 0 Å². The highest BCUT2D eigenvalue weighted by atomic mass is 19.1. The van der Waals surface area contributed by atoms with Crippen molar-refractivity contribution in [3.05, 3.63) is 35.4 Å². The third kappa shape index (κ3) is 2.59. The van der Waals surface area contributed by atoms with Crippen LogP contribution in [0.2, 0.25) is 0 Å². The van der Waals surface area contributed by atoms with Crippen LogP contribution in [0, 0.1) is 17.0 Å². The van der Waals surface area contributed by atoms with E-state index < -0.39 is 0 Å². The van der Waals surface area contributed by atoms with Gasteiger partial charge in [0.2, 0.25) is 0 Å². The molecule has 0 aliphatic heterocycles. The largest absolute Gasteiger partial charge is 0.312 e. The van der Waals surface area contributed by atoms with Gasteiger partial charge in [-0.25, -0.2) is 8.78 Å². The normalized spacial score (nSPS) is 17.4. The molecule has 0 saturated heterocycles. The molecule has 1 aromatic rings. The highest BCUT2D eigenvalue weighted by molar-refractivity contribution is 5.18. The fourth-order valence-electron chi connectivity index (χ4n) is 1.97. The molecule has 88 valence electrons. The van der Waals surface area contributed by atoms with Gasteiger partial charge in [-0.1, -0.05) is 6.92 Å². The molecular formula is C13H17F2N. The summed E-state index contributed by atoms with van der Waals surface area (Å²) in [5, 5.41) is 3.22. The summed E-state index contributed by atoms with van der Waals surface area (Å²) >= 11 is 0. The van der Waals surface area contributed by atoms with Crippen LogP contribution in [-0.4, -0.2) is 6.54 Å². The lowest BCUT2D eigenvalue weighted by Gasteiger charge is -2.13. The Kier molecular flexibility index (Phi) is 3.24. The third-order valence-electron chi connectivity index (χ3n) is 3.53. The van der Waals surface area contributed by atoms with E-state index >= 15 is 0 Å². The lowest BCUT2D eigenvalue weighted by Crippen LogP contribution is -2.23. The van der Waals surface area contributed by atoms with Crippen molar-refractivity contribution in [3.63, 3.8) is 0 Å². The number of rotatable bonds is 5. The number of hydrogen-bond donors (Lipinski definition) is 1. The molecule has 1 aromatic carbocycles. The minimum Gasteiger partial charge on any atom is -0.312 e. The maximum atomic E-state index is 13.3. The van der Waals surface area contributed by atoms with Crippen molar-refractivity contribution in [2.45, 2.75) is 32.7 Å². The van der Waals surface area contributed by atoms with Gasteiger partial charge in [0.15, 0.2) is 0 Å². The molecule has 1 nitrogen and oxygen atoms in total. The summed E-state index contributed by atoms with van der Waals surface area (Å²) < 4.78 is 26.2. The molecule has 2 rings (SSSR count). The van der Waals surface area contributed by atoms with Gasteiger partial charge in [0.25, 0.3) is 0 Å². The van der Waals surface area contributed by atoms with Crippen LogP contribution in [-0.2, 0) is 6.54 Å². The topological polar surface area (TPSA) is 12.0 Å². The number of nitrogens with one attached hydrogen (secondary N) is 1. The van der Waals surface area contributed by atoms with Crippen molar-refractivity contribution >= 4 is 0 Å². The first kappa shape index (κ1) is 11.5. The Bertz CT molecular complexity index is 372. The van der Waals surface area contributed by atoms with Crippen LogP contribution in [0.25, 0.3) is 0 Å². The summed E-state index contributed by atoms with van der Waals surface area (Å²) in [6.07, 6.45) is 3.66. The highest BCUT2D eigenvalue weighted by Gasteiger charge is 2.39. The van der Waals surface area contributed by atoms with E-state index in [9.17, 15) is 8.78 Å². The number of halogens is 2. The Labute approximate surface area is 94.9 Å². The molecule has 0 spiro atoms. The van der Waals surface area contributed by atoms with Gasteiger partial charge in [-0.15, -0.1) is 0 Å². The fraction of sp³-hybridized carbons (Fsp3) is 0.538. The molecule has 0 atom stereocenters. The van der Waals surface area contributed by atoms with Crippen LogP contribution in [0.5, 0.6) is 0 Å². The lowest BCUT2D eigenvalue weighted by molar-refractivity contribution is 0.439. The van der Waals surface area contributed by atoms with Crippen LogP contribution in [0.15, 0.2) is 18.2 Å². The van der Waals surface area contributed by atoms with Gasteiger partial charge in [0, 0.05) is 18.7 Å². The van der Waals surface area contributed by atoms with E-state index in [0.29, 0.717) is 17.5 Å². The van der Waals surface area contributed by atoms with Crippen molar-refractivity contribution in [1.29, 1.82) is 0 Å². The average Bonchev–Trinajstić information content (AvgIpc) is 3.04. The highest BCUT2D eigenvalue weighted by Crippen LogP contribution is 2.47.